The Kier molecular flexibility index (Phi) is 2.71. The van der Waals surface area contributed by atoms with Gasteiger partial charge in [0, 0.05) is 28.9 Å². The molecule has 3 heterocycles. The van der Waals surface area contributed by atoms with Crippen LogP contribution in [0, 0.1) is 27.6 Å². The summed E-state index contributed by atoms with van der Waals surface area (Å²) in [4.78, 5) is 4.69. The molecule has 3 nitrogen and oxygen atoms in total. The number of benzene rings is 2. The van der Waals surface area contributed by atoms with Crippen LogP contribution in [0.4, 0.5) is 0 Å². The molecule has 5 rings (SSSR count). The number of nitrogens with zero attached hydrogens (tertiary/aromatic N) is 3. The normalized spacial score (nSPS) is 15.2. The van der Waals surface area contributed by atoms with Gasteiger partial charge in [-0.05, 0) is 55.9 Å². The first-order chi connectivity index (χ1) is 14.2. The van der Waals surface area contributed by atoms with E-state index in [1.807, 2.05) is 17.7 Å². The summed E-state index contributed by atoms with van der Waals surface area (Å²) in [6, 6.07) is 10.6. The predicted molar refractivity (Wildman–Crippen MR) is 112 cm³/mol. The smallest absolute Gasteiger partial charge is 0.213 e. The molecule has 2 aromatic heterocycles. The lowest BCUT2D eigenvalue weighted by Gasteiger charge is -2.12. The van der Waals surface area contributed by atoms with Crippen LogP contribution in [0.5, 0.6) is 0 Å². The summed E-state index contributed by atoms with van der Waals surface area (Å²) in [5.41, 5.74) is 8.07. The second-order valence-corrected chi connectivity index (χ2v) is 7.52. The fraction of sp³-hybridized carbons (Fsp3) is 0.250. The van der Waals surface area contributed by atoms with Gasteiger partial charge in [-0.2, -0.15) is 4.57 Å². The maximum absolute atomic E-state index is 8.22. The topological polar surface area (TPSA) is 21.7 Å². The number of aromatic nitrogens is 3. The molecule has 0 bridgehead atoms. The highest BCUT2D eigenvalue weighted by Gasteiger charge is 2.23. The Hall–Kier alpha value is -2.94. The summed E-state index contributed by atoms with van der Waals surface area (Å²) in [5.74, 6) is 0.891. The number of rotatable bonds is 1. The van der Waals surface area contributed by atoms with Crippen LogP contribution in [0.3, 0.4) is 0 Å². The molecule has 0 saturated heterocycles. The average molecular weight is 357 g/mol. The number of allylic oxidation sites excluding steroid dienone is 1. The van der Waals surface area contributed by atoms with Crippen molar-refractivity contribution in [3.8, 4) is 11.3 Å². The molecule has 0 saturated carbocycles. The molecule has 0 amide bonds. The van der Waals surface area contributed by atoms with Gasteiger partial charge in [-0.25, -0.2) is 4.98 Å². The molecular formula is C24H24N3+. The fourth-order valence-corrected chi connectivity index (χ4v) is 4.42. The van der Waals surface area contributed by atoms with Crippen molar-refractivity contribution in [3.05, 3.63) is 64.5 Å². The van der Waals surface area contributed by atoms with E-state index in [0.29, 0.717) is 11.1 Å². The molecule has 0 radical (unpaired) electrons. The van der Waals surface area contributed by atoms with Crippen LogP contribution in [0.15, 0.2) is 36.4 Å². The van der Waals surface area contributed by atoms with Crippen molar-refractivity contribution in [1.29, 1.82) is 0 Å². The third kappa shape index (κ3) is 2.14. The first-order valence-corrected chi connectivity index (χ1v) is 9.29. The zero-order valence-electron chi connectivity index (χ0n) is 19.1. The number of fused-ring (bicyclic) bond motifs is 4. The van der Waals surface area contributed by atoms with Gasteiger partial charge in [0.25, 0.3) is 0 Å². The zero-order valence-corrected chi connectivity index (χ0v) is 16.1. The first-order valence-electron chi connectivity index (χ1n) is 10.8. The molecule has 27 heavy (non-hydrogen) atoms. The lowest BCUT2D eigenvalue weighted by atomic mass is 9.95. The molecule has 2 aromatic carbocycles. The molecule has 134 valence electrons. The number of aryl methyl sites for hydroxylation is 4. The van der Waals surface area contributed by atoms with Gasteiger partial charge in [0.1, 0.15) is 12.9 Å². The van der Waals surface area contributed by atoms with Gasteiger partial charge in [-0.15, -0.1) is 0 Å². The minimum Gasteiger partial charge on any atom is -0.303 e. The molecular weight excluding hydrogens is 330 g/mol. The van der Waals surface area contributed by atoms with Gasteiger partial charge in [-0.1, -0.05) is 18.2 Å². The van der Waals surface area contributed by atoms with Gasteiger partial charge >= 0.3 is 0 Å². The van der Waals surface area contributed by atoms with Crippen molar-refractivity contribution < 1.29 is 8.68 Å². The molecule has 0 unspecified atom stereocenters. The third-order valence-corrected chi connectivity index (χ3v) is 5.87. The van der Waals surface area contributed by atoms with Gasteiger partial charge in [0.05, 0.1) is 22.0 Å². The van der Waals surface area contributed by atoms with Crippen molar-refractivity contribution in [3.63, 3.8) is 0 Å². The number of hydrogen-bond acceptors (Lipinski definition) is 1. The highest BCUT2D eigenvalue weighted by molar-refractivity contribution is 5.90. The molecule has 0 aliphatic carbocycles. The van der Waals surface area contributed by atoms with Gasteiger partial charge in [0.15, 0.2) is 0 Å². The lowest BCUT2D eigenvalue weighted by molar-refractivity contribution is -0.633. The van der Waals surface area contributed by atoms with Gasteiger partial charge in [0.2, 0.25) is 11.2 Å². The fourth-order valence-electron chi connectivity index (χ4n) is 4.42. The van der Waals surface area contributed by atoms with Crippen LogP contribution in [0.1, 0.15) is 32.2 Å². The van der Waals surface area contributed by atoms with E-state index < -0.39 is 6.85 Å². The standard InChI is InChI=1S/C24H24N3/c1-14-8-6-9-19-23(14)15(2)12-20(26(19)5)18-13-21-24(17(4)16(18)3)25-22-10-7-11-27(21)22/h6-9,11-13H,10H2,1-5H3/q+1/i4D3. The van der Waals surface area contributed by atoms with E-state index in [-0.39, 0.29) is 0 Å². The minimum atomic E-state index is -2.24. The molecule has 1 aliphatic rings. The predicted octanol–water partition coefficient (Wildman–Crippen LogP) is 4.94. The monoisotopic (exact) mass is 357 g/mol. The van der Waals surface area contributed by atoms with Crippen molar-refractivity contribution in [2.75, 3.05) is 0 Å². The molecule has 0 spiro atoms. The number of imidazole rings is 1. The summed E-state index contributed by atoms with van der Waals surface area (Å²) in [5, 5.41) is 1.24. The average Bonchev–Trinajstić information content (AvgIpc) is 3.24. The maximum atomic E-state index is 8.22. The second kappa shape index (κ2) is 5.53. The van der Waals surface area contributed by atoms with E-state index in [1.54, 1.807) is 0 Å². The van der Waals surface area contributed by atoms with Crippen molar-refractivity contribution in [2.24, 2.45) is 7.05 Å². The third-order valence-electron chi connectivity index (χ3n) is 5.87. The van der Waals surface area contributed by atoms with Crippen LogP contribution in [-0.2, 0) is 13.5 Å². The van der Waals surface area contributed by atoms with E-state index in [4.69, 9.17) is 9.10 Å². The largest absolute Gasteiger partial charge is 0.303 e. The summed E-state index contributed by atoms with van der Waals surface area (Å²) in [6.45, 7) is 3.92. The Morgan fingerprint density at radius 3 is 2.78 bits per heavy atom. The maximum Gasteiger partial charge on any atom is 0.213 e. The van der Waals surface area contributed by atoms with Crippen molar-refractivity contribution in [2.45, 2.75) is 34.0 Å². The molecule has 0 atom stereocenters. The Morgan fingerprint density at radius 2 is 1.96 bits per heavy atom. The highest BCUT2D eigenvalue weighted by atomic mass is 15.1. The summed E-state index contributed by atoms with van der Waals surface area (Å²) in [7, 11) is 2.05. The second-order valence-electron chi connectivity index (χ2n) is 7.52. The molecule has 4 aromatic rings. The van der Waals surface area contributed by atoms with Crippen LogP contribution in [0.2, 0.25) is 0 Å². The summed E-state index contributed by atoms with van der Waals surface area (Å²) >= 11 is 0. The number of hydrogen-bond donors (Lipinski definition) is 0. The van der Waals surface area contributed by atoms with Gasteiger partial charge < -0.3 is 4.57 Å². The zero-order chi connectivity index (χ0) is 21.4. The Balaban J connectivity index is 1.92. The highest BCUT2D eigenvalue weighted by Crippen LogP contribution is 2.34. The van der Waals surface area contributed by atoms with E-state index in [2.05, 4.69) is 61.9 Å². The number of pyridine rings is 1. The van der Waals surface area contributed by atoms with Crippen molar-refractivity contribution >= 4 is 28.1 Å². The Labute approximate surface area is 163 Å². The Bertz CT molecular complexity index is 1390. The van der Waals surface area contributed by atoms with E-state index in [9.17, 15) is 0 Å². The first kappa shape index (κ1) is 13.3. The Morgan fingerprint density at radius 1 is 1.11 bits per heavy atom. The van der Waals surface area contributed by atoms with Crippen LogP contribution >= 0.6 is 0 Å². The lowest BCUT2D eigenvalue weighted by Crippen LogP contribution is -2.32. The van der Waals surface area contributed by atoms with Crippen molar-refractivity contribution in [1.82, 2.24) is 9.55 Å². The van der Waals surface area contributed by atoms with E-state index >= 15 is 0 Å². The van der Waals surface area contributed by atoms with E-state index in [1.165, 1.54) is 16.5 Å². The SMILES string of the molecule is [2H]C([2H])([2H])c1c(C)c(-c2cc(C)c3c(C)cccc3[n+]2C)cc2c1nc1n2C=CC1. The van der Waals surface area contributed by atoms with Crippen LogP contribution < -0.4 is 4.57 Å². The molecule has 0 N–H and O–H groups in total. The molecule has 3 heteroatoms. The minimum absolute atomic E-state index is 0.354. The summed E-state index contributed by atoms with van der Waals surface area (Å²) < 4.78 is 28.9. The van der Waals surface area contributed by atoms with Gasteiger partial charge in [-0.3, -0.25) is 0 Å². The van der Waals surface area contributed by atoms with E-state index in [0.717, 1.165) is 40.1 Å². The molecule has 1 aliphatic heterocycles. The van der Waals surface area contributed by atoms with Crippen LogP contribution in [0.25, 0.3) is 39.4 Å². The summed E-state index contributed by atoms with van der Waals surface area (Å²) in [6.07, 6.45) is 4.77. The molecule has 0 fully saturated rings. The quantitative estimate of drug-likeness (QED) is 0.442. The van der Waals surface area contributed by atoms with Crippen LogP contribution in [-0.4, -0.2) is 9.55 Å².